The zero-order chi connectivity index (χ0) is 27.5. The van der Waals surface area contributed by atoms with E-state index in [2.05, 4.69) is 25.3 Å². The van der Waals surface area contributed by atoms with Crippen LogP contribution in [0.3, 0.4) is 0 Å². The summed E-state index contributed by atoms with van der Waals surface area (Å²) in [6.45, 7) is 0.385. The summed E-state index contributed by atoms with van der Waals surface area (Å²) in [5.74, 6) is 0.689. The van der Waals surface area contributed by atoms with Crippen molar-refractivity contribution in [2.45, 2.75) is 62.9 Å². The van der Waals surface area contributed by atoms with Gasteiger partial charge < -0.3 is 15.7 Å². The molecule has 14 heteroatoms. The Labute approximate surface area is 225 Å². The predicted molar refractivity (Wildman–Crippen MR) is 140 cm³/mol. The molecule has 1 aliphatic carbocycles. The number of aromatic nitrogens is 2. The first-order chi connectivity index (χ1) is 17.9. The monoisotopic (exact) mass is 576 g/mol. The first kappa shape index (κ1) is 28.8. The fraction of sp³-hybridized carbons (Fsp3) is 0.583. The van der Waals surface area contributed by atoms with E-state index in [4.69, 9.17) is 11.6 Å². The molecule has 9 nitrogen and oxygen atoms in total. The van der Waals surface area contributed by atoms with E-state index in [0.29, 0.717) is 49.1 Å². The molecular formula is C24H32ClF3N6O3S. The molecule has 0 radical (unpaired) electrons. The molecule has 3 atom stereocenters. The van der Waals surface area contributed by atoms with Gasteiger partial charge in [-0.25, -0.2) is 18.1 Å². The fourth-order valence-electron chi connectivity index (χ4n) is 4.93. The van der Waals surface area contributed by atoms with E-state index in [1.54, 1.807) is 4.90 Å². The average Bonchev–Trinajstić information content (AvgIpc) is 3.03. The number of hydrogen-bond donors (Lipinski definition) is 4. The minimum Gasteiger partial charge on any atom is -0.382 e. The van der Waals surface area contributed by atoms with Crippen LogP contribution in [0.2, 0.25) is 5.02 Å². The number of anilines is 3. The summed E-state index contributed by atoms with van der Waals surface area (Å²) < 4.78 is 64.6. The van der Waals surface area contributed by atoms with Crippen LogP contribution >= 0.6 is 11.6 Å². The summed E-state index contributed by atoms with van der Waals surface area (Å²) in [5.41, 5.74) is 2.76. The maximum absolute atomic E-state index is 12.8. The van der Waals surface area contributed by atoms with Crippen LogP contribution < -0.4 is 15.4 Å². The van der Waals surface area contributed by atoms with E-state index in [9.17, 15) is 26.7 Å². The Kier molecular flexibility index (Phi) is 9.03. The van der Waals surface area contributed by atoms with Crippen LogP contribution in [0.15, 0.2) is 24.4 Å². The van der Waals surface area contributed by atoms with Crippen molar-refractivity contribution in [3.05, 3.63) is 40.5 Å². The zero-order valence-electron chi connectivity index (χ0n) is 20.9. The smallest absolute Gasteiger partial charge is 0.382 e. The molecule has 210 valence electrons. The minimum absolute atomic E-state index is 0.176. The van der Waals surface area contributed by atoms with Crippen molar-refractivity contribution >= 4 is 39.1 Å². The molecule has 1 unspecified atom stereocenters. The lowest BCUT2D eigenvalue weighted by atomic mass is 9.91. The number of sulfonamides is 1. The van der Waals surface area contributed by atoms with Crippen molar-refractivity contribution in [2.75, 3.05) is 36.5 Å². The van der Waals surface area contributed by atoms with E-state index >= 15 is 0 Å². The molecule has 1 aromatic heterocycles. The molecular weight excluding hydrogens is 545 g/mol. The largest absolute Gasteiger partial charge is 0.415 e. The number of aliphatic hydroxyl groups excluding tert-OH is 1. The molecule has 2 aliphatic rings. The fourth-order valence-corrected chi connectivity index (χ4v) is 5.91. The third-order valence-electron chi connectivity index (χ3n) is 6.86. The number of fused-ring (bicyclic) bond motifs is 1. The quantitative estimate of drug-likeness (QED) is 0.377. The van der Waals surface area contributed by atoms with E-state index in [0.717, 1.165) is 42.3 Å². The van der Waals surface area contributed by atoms with Gasteiger partial charge in [-0.3, -0.25) is 4.90 Å². The number of benzene rings is 1. The van der Waals surface area contributed by atoms with Crippen LogP contribution in [0, 0.1) is 0 Å². The highest BCUT2D eigenvalue weighted by Crippen LogP contribution is 2.28. The molecule has 4 rings (SSSR count). The molecule has 1 aromatic carbocycles. The highest BCUT2D eigenvalue weighted by Gasteiger charge is 2.39. The average molecular weight is 577 g/mol. The van der Waals surface area contributed by atoms with Crippen molar-refractivity contribution in [1.29, 1.82) is 0 Å². The van der Waals surface area contributed by atoms with Gasteiger partial charge in [0.1, 0.15) is 5.02 Å². The Balaban J connectivity index is 1.43. The summed E-state index contributed by atoms with van der Waals surface area (Å²) in [5, 5.41) is 16.2. The lowest BCUT2D eigenvalue weighted by Crippen LogP contribution is -2.48. The van der Waals surface area contributed by atoms with Gasteiger partial charge in [-0.05, 0) is 48.9 Å². The number of nitrogens with one attached hydrogen (secondary N) is 3. The Morgan fingerprint density at radius 3 is 2.53 bits per heavy atom. The topological polar surface area (TPSA) is 119 Å². The number of aliphatic hydroxyl groups is 1. The number of alkyl halides is 3. The predicted octanol–water partition coefficient (Wildman–Crippen LogP) is 3.47. The Morgan fingerprint density at radius 1 is 1.16 bits per heavy atom. The maximum atomic E-state index is 12.8. The standard InChI is InChI=1S/C24H32ClF3N6O3S/c1-38(36,37)33-20-5-3-2-4-19(20)31-22-18(25)13-29-23(32-22)30-17-7-6-15-8-10-34(11-9-16(15)12-17)14-21(35)24(26,27)28/h6-7,12-13,19-21,33,35H,2-5,8-11,14H2,1H3,(H2,29,30,31,32)/t19-,20-,21?/m1/s1. The number of nitrogens with zero attached hydrogens (tertiary/aromatic N) is 3. The second kappa shape index (κ2) is 11.9. The van der Waals surface area contributed by atoms with Crippen LogP contribution in [0.1, 0.15) is 36.8 Å². The van der Waals surface area contributed by atoms with Crippen molar-refractivity contribution in [3.63, 3.8) is 0 Å². The van der Waals surface area contributed by atoms with Gasteiger partial charge in [0.15, 0.2) is 11.9 Å². The summed E-state index contributed by atoms with van der Waals surface area (Å²) in [6, 6.07) is 5.27. The van der Waals surface area contributed by atoms with E-state index < -0.39 is 28.8 Å². The highest BCUT2D eigenvalue weighted by atomic mass is 35.5. The van der Waals surface area contributed by atoms with Crippen molar-refractivity contribution in [2.24, 2.45) is 0 Å². The van der Waals surface area contributed by atoms with Gasteiger partial charge in [-0.1, -0.05) is 30.5 Å². The molecule has 2 aromatic rings. The van der Waals surface area contributed by atoms with Gasteiger partial charge in [0.25, 0.3) is 0 Å². The van der Waals surface area contributed by atoms with Crippen LogP contribution in [0.4, 0.5) is 30.6 Å². The van der Waals surface area contributed by atoms with Crippen molar-refractivity contribution in [3.8, 4) is 0 Å². The SMILES string of the molecule is CS(=O)(=O)N[C@@H]1CCCC[C@H]1Nc1nc(Nc2ccc3c(c2)CCN(CC(O)C(F)(F)F)CC3)ncc1Cl. The van der Waals surface area contributed by atoms with Crippen molar-refractivity contribution in [1.82, 2.24) is 19.6 Å². The van der Waals surface area contributed by atoms with Crippen LogP contribution in [0.5, 0.6) is 0 Å². The van der Waals surface area contributed by atoms with Crippen LogP contribution in [0.25, 0.3) is 0 Å². The van der Waals surface area contributed by atoms with E-state index in [1.807, 2.05) is 18.2 Å². The molecule has 0 spiro atoms. The highest BCUT2D eigenvalue weighted by molar-refractivity contribution is 7.88. The van der Waals surface area contributed by atoms with Crippen LogP contribution in [-0.2, 0) is 22.9 Å². The summed E-state index contributed by atoms with van der Waals surface area (Å²) >= 11 is 6.34. The molecule has 4 N–H and O–H groups in total. The molecule has 1 fully saturated rings. The zero-order valence-corrected chi connectivity index (χ0v) is 22.5. The normalized spacial score (nSPS) is 21.8. The minimum atomic E-state index is -4.63. The van der Waals surface area contributed by atoms with E-state index in [-0.39, 0.29) is 12.1 Å². The van der Waals surface area contributed by atoms with Gasteiger partial charge in [-0.15, -0.1) is 0 Å². The van der Waals surface area contributed by atoms with Crippen LogP contribution in [-0.4, -0.2) is 78.6 Å². The Bertz CT molecular complexity index is 1230. The van der Waals surface area contributed by atoms with Gasteiger partial charge in [0, 0.05) is 37.4 Å². The molecule has 2 heterocycles. The lowest BCUT2D eigenvalue weighted by molar-refractivity contribution is -0.208. The summed E-state index contributed by atoms with van der Waals surface area (Å²) in [4.78, 5) is 10.4. The number of rotatable bonds is 8. The maximum Gasteiger partial charge on any atom is 0.415 e. The second-order valence-corrected chi connectivity index (χ2v) is 12.1. The second-order valence-electron chi connectivity index (χ2n) is 9.89. The third kappa shape index (κ3) is 7.92. The molecule has 0 bridgehead atoms. The van der Waals surface area contributed by atoms with Gasteiger partial charge in [0.2, 0.25) is 16.0 Å². The molecule has 0 saturated heterocycles. The number of hydrogen-bond acceptors (Lipinski definition) is 8. The summed E-state index contributed by atoms with van der Waals surface area (Å²) in [7, 11) is -3.37. The first-order valence-electron chi connectivity index (χ1n) is 12.5. The van der Waals surface area contributed by atoms with Gasteiger partial charge in [0.05, 0.1) is 12.5 Å². The summed E-state index contributed by atoms with van der Waals surface area (Å²) in [6.07, 6.45) is 0.0798. The van der Waals surface area contributed by atoms with Gasteiger partial charge >= 0.3 is 6.18 Å². The number of halogens is 4. The third-order valence-corrected chi connectivity index (χ3v) is 7.87. The van der Waals surface area contributed by atoms with E-state index in [1.165, 1.54) is 6.20 Å². The number of β-amino-alcohol motifs (C(OH)–C–C–N with tert-alkyl or cyclic N) is 1. The van der Waals surface area contributed by atoms with Gasteiger partial charge in [-0.2, -0.15) is 18.2 Å². The molecule has 1 saturated carbocycles. The van der Waals surface area contributed by atoms with Crippen molar-refractivity contribution < 1.29 is 26.7 Å². The molecule has 38 heavy (non-hydrogen) atoms. The Hall–Kier alpha value is -2.19. The molecule has 1 aliphatic heterocycles. The lowest BCUT2D eigenvalue weighted by Gasteiger charge is -2.32. The Morgan fingerprint density at radius 2 is 1.84 bits per heavy atom. The molecule has 0 amide bonds. The first-order valence-corrected chi connectivity index (χ1v) is 14.8.